The van der Waals surface area contributed by atoms with Crippen LogP contribution in [-0.4, -0.2) is 10.9 Å². The molecule has 0 saturated heterocycles. The van der Waals surface area contributed by atoms with Crippen LogP contribution in [0.25, 0.3) is 0 Å². The maximum atomic E-state index is 12.4. The molecule has 0 aliphatic heterocycles. The zero-order chi connectivity index (χ0) is 15.4. The van der Waals surface area contributed by atoms with Crippen LogP contribution >= 0.6 is 27.3 Å². The first-order chi connectivity index (χ1) is 10.0. The number of unbranched alkanes of at least 4 members (excludes halogenated alkanes) is 1. The number of benzene rings is 1. The molecule has 0 saturated carbocycles. The van der Waals surface area contributed by atoms with E-state index >= 15 is 0 Å². The lowest BCUT2D eigenvalue weighted by Crippen LogP contribution is -2.12. The first-order valence-corrected chi connectivity index (χ1v) is 8.66. The molecule has 1 amide bonds. The lowest BCUT2D eigenvalue weighted by atomic mass is 10.2. The first-order valence-electron chi connectivity index (χ1n) is 7.05. The van der Waals surface area contributed by atoms with Gasteiger partial charge in [-0.05, 0) is 50.5 Å². The van der Waals surface area contributed by atoms with Gasteiger partial charge in [-0.15, -0.1) is 11.3 Å². The number of nitrogens with one attached hydrogen (secondary N) is 1. The van der Waals surface area contributed by atoms with Crippen molar-refractivity contribution in [3.05, 3.63) is 43.8 Å². The Morgan fingerprint density at radius 2 is 2.14 bits per heavy atom. The largest absolute Gasteiger partial charge is 0.321 e. The Morgan fingerprint density at radius 3 is 2.81 bits per heavy atom. The summed E-state index contributed by atoms with van der Waals surface area (Å²) in [6.07, 6.45) is 3.20. The van der Waals surface area contributed by atoms with Crippen LogP contribution in [0.4, 0.5) is 5.69 Å². The summed E-state index contributed by atoms with van der Waals surface area (Å²) in [5.41, 5.74) is 2.69. The Hall–Kier alpha value is -1.20. The molecule has 1 N–H and O–H groups in total. The monoisotopic (exact) mass is 366 g/mol. The highest BCUT2D eigenvalue weighted by atomic mass is 79.9. The van der Waals surface area contributed by atoms with Crippen LogP contribution in [0, 0.1) is 13.8 Å². The van der Waals surface area contributed by atoms with Crippen LogP contribution in [0.1, 0.15) is 45.7 Å². The van der Waals surface area contributed by atoms with Crippen LogP contribution < -0.4 is 5.32 Å². The van der Waals surface area contributed by atoms with Crippen molar-refractivity contribution in [2.75, 3.05) is 5.32 Å². The number of carbonyl (C=O) groups excluding carboxylic acids is 1. The average molecular weight is 367 g/mol. The van der Waals surface area contributed by atoms with Gasteiger partial charge >= 0.3 is 0 Å². The van der Waals surface area contributed by atoms with Gasteiger partial charge in [-0.1, -0.05) is 29.3 Å². The number of hydrogen-bond acceptors (Lipinski definition) is 3. The number of anilines is 1. The third kappa shape index (κ3) is 4.14. The number of rotatable bonds is 5. The molecular weight excluding hydrogens is 348 g/mol. The summed E-state index contributed by atoms with van der Waals surface area (Å²) in [5, 5.41) is 4.02. The van der Waals surface area contributed by atoms with Gasteiger partial charge in [0.2, 0.25) is 0 Å². The van der Waals surface area contributed by atoms with Gasteiger partial charge in [0, 0.05) is 10.2 Å². The van der Waals surface area contributed by atoms with Gasteiger partial charge in [0.1, 0.15) is 4.88 Å². The molecular formula is C16H19BrN2OS. The lowest BCUT2D eigenvalue weighted by Gasteiger charge is -2.07. The van der Waals surface area contributed by atoms with Crippen LogP contribution in [-0.2, 0) is 6.42 Å². The molecule has 0 radical (unpaired) electrons. The maximum absolute atomic E-state index is 12.4. The molecule has 2 aromatic rings. The summed E-state index contributed by atoms with van der Waals surface area (Å²) in [6.45, 7) is 6.03. The van der Waals surface area contributed by atoms with E-state index in [1.54, 1.807) is 0 Å². The van der Waals surface area contributed by atoms with E-state index in [4.69, 9.17) is 0 Å². The Bertz CT molecular complexity index is 652. The van der Waals surface area contributed by atoms with E-state index in [9.17, 15) is 4.79 Å². The van der Waals surface area contributed by atoms with Crippen LogP contribution in [0.2, 0.25) is 0 Å². The average Bonchev–Trinajstić information content (AvgIpc) is 2.81. The number of aryl methyl sites for hydroxylation is 3. The Morgan fingerprint density at radius 1 is 1.38 bits per heavy atom. The lowest BCUT2D eigenvalue weighted by molar-refractivity contribution is 0.102. The zero-order valence-corrected chi connectivity index (χ0v) is 14.9. The highest BCUT2D eigenvalue weighted by Crippen LogP contribution is 2.24. The molecule has 0 aliphatic carbocycles. The van der Waals surface area contributed by atoms with Gasteiger partial charge in [0.05, 0.1) is 10.7 Å². The van der Waals surface area contributed by atoms with Crippen molar-refractivity contribution < 1.29 is 4.79 Å². The molecule has 0 fully saturated rings. The van der Waals surface area contributed by atoms with Crippen molar-refractivity contribution in [1.29, 1.82) is 0 Å². The smallest absolute Gasteiger partial charge is 0.267 e. The Balaban J connectivity index is 2.14. The normalized spacial score (nSPS) is 10.7. The van der Waals surface area contributed by atoms with E-state index in [2.05, 4.69) is 33.2 Å². The fourth-order valence-electron chi connectivity index (χ4n) is 2.04. The number of halogens is 1. The second-order valence-corrected chi connectivity index (χ2v) is 7.04. The van der Waals surface area contributed by atoms with Gasteiger partial charge in [-0.25, -0.2) is 4.98 Å². The van der Waals surface area contributed by atoms with E-state index in [1.165, 1.54) is 11.3 Å². The standard InChI is InChI=1S/C16H19BrN2OS/c1-4-5-6-14-18-11(3)15(21-14)16(20)19-13-8-7-12(17)9-10(13)2/h7-9H,4-6H2,1-3H3,(H,19,20). The summed E-state index contributed by atoms with van der Waals surface area (Å²) in [4.78, 5) is 17.6. The van der Waals surface area contributed by atoms with Gasteiger partial charge in [0.15, 0.2) is 0 Å². The Labute approximate surface area is 137 Å². The molecule has 0 atom stereocenters. The molecule has 1 aromatic heterocycles. The predicted octanol–water partition coefficient (Wildman–Crippen LogP) is 5.12. The molecule has 1 heterocycles. The summed E-state index contributed by atoms with van der Waals surface area (Å²) in [5.74, 6) is -0.0711. The van der Waals surface area contributed by atoms with E-state index in [0.717, 1.165) is 45.7 Å². The second-order valence-electron chi connectivity index (χ2n) is 5.04. The van der Waals surface area contributed by atoms with Crippen molar-refractivity contribution in [2.45, 2.75) is 40.0 Å². The van der Waals surface area contributed by atoms with Gasteiger partial charge in [-0.3, -0.25) is 4.79 Å². The highest BCUT2D eigenvalue weighted by molar-refractivity contribution is 9.10. The van der Waals surface area contributed by atoms with Gasteiger partial charge in [-0.2, -0.15) is 0 Å². The third-order valence-corrected chi connectivity index (χ3v) is 4.94. The number of carbonyl (C=O) groups is 1. The molecule has 0 bridgehead atoms. The minimum Gasteiger partial charge on any atom is -0.321 e. The minimum absolute atomic E-state index is 0.0711. The molecule has 0 spiro atoms. The number of thiazole rings is 1. The highest BCUT2D eigenvalue weighted by Gasteiger charge is 2.16. The quantitative estimate of drug-likeness (QED) is 0.797. The summed E-state index contributed by atoms with van der Waals surface area (Å²) < 4.78 is 1.01. The van der Waals surface area contributed by atoms with Crippen molar-refractivity contribution >= 4 is 38.9 Å². The van der Waals surface area contributed by atoms with E-state index < -0.39 is 0 Å². The zero-order valence-electron chi connectivity index (χ0n) is 12.5. The van der Waals surface area contributed by atoms with Crippen molar-refractivity contribution in [3.63, 3.8) is 0 Å². The van der Waals surface area contributed by atoms with Crippen LogP contribution in [0.5, 0.6) is 0 Å². The number of nitrogens with zero attached hydrogens (tertiary/aromatic N) is 1. The number of aromatic nitrogens is 1. The van der Waals surface area contributed by atoms with Crippen molar-refractivity contribution in [3.8, 4) is 0 Å². The first kappa shape index (κ1) is 16.2. The summed E-state index contributed by atoms with van der Waals surface area (Å²) >= 11 is 4.93. The fourth-order valence-corrected chi connectivity index (χ4v) is 3.52. The van der Waals surface area contributed by atoms with Crippen LogP contribution in [0.3, 0.4) is 0 Å². The van der Waals surface area contributed by atoms with Crippen LogP contribution in [0.15, 0.2) is 22.7 Å². The number of amides is 1. The molecule has 21 heavy (non-hydrogen) atoms. The summed E-state index contributed by atoms with van der Waals surface area (Å²) in [7, 11) is 0. The SMILES string of the molecule is CCCCc1nc(C)c(C(=O)Nc2ccc(Br)cc2C)s1. The molecule has 5 heteroatoms. The van der Waals surface area contributed by atoms with Crippen molar-refractivity contribution in [2.24, 2.45) is 0 Å². The fraction of sp³-hybridized carbons (Fsp3) is 0.375. The second kappa shape index (κ2) is 7.18. The minimum atomic E-state index is -0.0711. The molecule has 0 aliphatic rings. The van der Waals surface area contributed by atoms with Gasteiger partial charge in [0.25, 0.3) is 5.91 Å². The maximum Gasteiger partial charge on any atom is 0.267 e. The van der Waals surface area contributed by atoms with Crippen molar-refractivity contribution in [1.82, 2.24) is 4.98 Å². The third-order valence-electron chi connectivity index (χ3n) is 3.23. The van der Waals surface area contributed by atoms with Gasteiger partial charge < -0.3 is 5.32 Å². The molecule has 1 aromatic carbocycles. The summed E-state index contributed by atoms with van der Waals surface area (Å²) in [6, 6.07) is 5.82. The van der Waals surface area contributed by atoms with E-state index in [-0.39, 0.29) is 5.91 Å². The van der Waals surface area contributed by atoms with E-state index in [1.807, 2.05) is 32.0 Å². The predicted molar refractivity (Wildman–Crippen MR) is 92.3 cm³/mol. The van der Waals surface area contributed by atoms with E-state index in [0.29, 0.717) is 4.88 Å². The molecule has 3 nitrogen and oxygen atoms in total. The molecule has 0 unspecified atom stereocenters. The molecule has 112 valence electrons. The topological polar surface area (TPSA) is 42.0 Å². The molecule has 2 rings (SSSR count). The Kier molecular flexibility index (Phi) is 5.53. The number of hydrogen-bond donors (Lipinski definition) is 1.